The largest absolute Gasteiger partial charge is 0.218 e. The summed E-state index contributed by atoms with van der Waals surface area (Å²) in [4.78, 5) is 0. The number of hydrogen-bond donors (Lipinski definition) is 1. The lowest BCUT2D eigenvalue weighted by Gasteiger charge is -2.28. The van der Waals surface area contributed by atoms with Crippen LogP contribution in [0, 0.1) is 11.8 Å². The molecule has 2 unspecified atom stereocenters. The molecule has 0 aliphatic heterocycles. The Morgan fingerprint density at radius 1 is 1.07 bits per heavy atom. The van der Waals surface area contributed by atoms with Gasteiger partial charge in [0.25, 0.3) is 0 Å². The molecule has 2 atom stereocenters. The van der Waals surface area contributed by atoms with Gasteiger partial charge in [0.1, 0.15) is 0 Å². The summed E-state index contributed by atoms with van der Waals surface area (Å²) in [6.45, 7) is 0. The van der Waals surface area contributed by atoms with Crippen molar-refractivity contribution in [2.45, 2.75) is 43.8 Å². The highest BCUT2D eigenvalue weighted by molar-refractivity contribution is 7.90. The van der Waals surface area contributed by atoms with Gasteiger partial charge in [-0.15, -0.1) is 0 Å². The van der Waals surface area contributed by atoms with Crippen molar-refractivity contribution in [1.29, 1.82) is 0 Å². The molecule has 2 aliphatic carbocycles. The molecule has 2 fully saturated rings. The van der Waals surface area contributed by atoms with Crippen LogP contribution >= 0.6 is 0 Å². The molecule has 2 aliphatic rings. The fourth-order valence-corrected chi connectivity index (χ4v) is 3.94. The van der Waals surface area contributed by atoms with Gasteiger partial charge >= 0.3 is 0 Å². The topological polar surface area (TPSA) is 46.2 Å². The summed E-state index contributed by atoms with van der Waals surface area (Å²) in [5.74, 6) is 1.54. The summed E-state index contributed by atoms with van der Waals surface area (Å²) in [7, 11) is -1.49. The van der Waals surface area contributed by atoms with Gasteiger partial charge in [-0.05, 0) is 44.6 Å². The number of sulfonamides is 1. The summed E-state index contributed by atoms with van der Waals surface area (Å²) in [5.41, 5.74) is 0. The van der Waals surface area contributed by atoms with Gasteiger partial charge in [0.2, 0.25) is 10.0 Å². The first-order valence-corrected chi connectivity index (χ1v) is 7.10. The molecule has 2 rings (SSSR count). The lowest BCUT2D eigenvalue weighted by Crippen LogP contribution is -2.35. The van der Waals surface area contributed by atoms with E-state index in [1.807, 2.05) is 0 Å². The third-order valence-electron chi connectivity index (χ3n) is 3.68. The molecule has 0 spiro atoms. The maximum absolute atomic E-state index is 11.6. The van der Waals surface area contributed by atoms with Gasteiger partial charge < -0.3 is 0 Å². The van der Waals surface area contributed by atoms with E-state index in [1.54, 1.807) is 0 Å². The Morgan fingerprint density at radius 3 is 2.36 bits per heavy atom. The Morgan fingerprint density at radius 2 is 1.79 bits per heavy atom. The van der Waals surface area contributed by atoms with Crippen molar-refractivity contribution >= 4 is 10.0 Å². The van der Waals surface area contributed by atoms with Gasteiger partial charge in [-0.1, -0.05) is 12.8 Å². The summed E-state index contributed by atoms with van der Waals surface area (Å²) >= 11 is 0. The van der Waals surface area contributed by atoms with Gasteiger partial charge in [0.05, 0.1) is 5.25 Å². The van der Waals surface area contributed by atoms with Gasteiger partial charge in [-0.25, -0.2) is 13.1 Å². The predicted octanol–water partition coefficient (Wildman–Crippen LogP) is 1.50. The molecule has 0 amide bonds. The first-order chi connectivity index (χ1) is 6.63. The Kier molecular flexibility index (Phi) is 2.84. The van der Waals surface area contributed by atoms with Crippen molar-refractivity contribution in [3.63, 3.8) is 0 Å². The van der Waals surface area contributed by atoms with Crippen molar-refractivity contribution in [3.8, 4) is 0 Å². The molecule has 82 valence electrons. The monoisotopic (exact) mass is 217 g/mol. The van der Waals surface area contributed by atoms with Crippen molar-refractivity contribution in [1.82, 2.24) is 4.72 Å². The number of rotatable bonds is 3. The Balaban J connectivity index is 1.99. The van der Waals surface area contributed by atoms with Crippen LogP contribution < -0.4 is 4.72 Å². The summed E-state index contributed by atoms with van der Waals surface area (Å²) in [5, 5.41) is -0.119. The summed E-state index contributed by atoms with van der Waals surface area (Å²) in [6, 6.07) is 0. The molecular weight excluding hydrogens is 198 g/mol. The molecule has 4 heteroatoms. The zero-order chi connectivity index (χ0) is 10.2. The van der Waals surface area contributed by atoms with Crippen LogP contribution in [-0.2, 0) is 10.0 Å². The molecule has 0 aromatic carbocycles. The molecule has 14 heavy (non-hydrogen) atoms. The lowest BCUT2D eigenvalue weighted by molar-refractivity contribution is 0.321. The van der Waals surface area contributed by atoms with Crippen LogP contribution in [0.2, 0.25) is 0 Å². The first-order valence-electron chi connectivity index (χ1n) is 5.56. The lowest BCUT2D eigenvalue weighted by atomic mass is 9.85. The van der Waals surface area contributed by atoms with E-state index in [1.165, 1.54) is 26.3 Å². The van der Waals surface area contributed by atoms with E-state index in [4.69, 9.17) is 0 Å². The first kappa shape index (κ1) is 10.4. The van der Waals surface area contributed by atoms with Crippen molar-refractivity contribution in [2.24, 2.45) is 11.8 Å². The third kappa shape index (κ3) is 2.11. The van der Waals surface area contributed by atoms with E-state index >= 15 is 0 Å². The summed E-state index contributed by atoms with van der Waals surface area (Å²) in [6.07, 6.45) is 6.75. The highest BCUT2D eigenvalue weighted by Gasteiger charge is 2.38. The maximum atomic E-state index is 11.6. The summed E-state index contributed by atoms with van der Waals surface area (Å²) < 4.78 is 25.7. The molecule has 0 saturated heterocycles. The molecule has 0 radical (unpaired) electrons. The SMILES string of the molecule is CNS(=O)(=O)C1CCCC(C2CC2)C1. The molecule has 2 saturated carbocycles. The molecule has 3 nitrogen and oxygen atoms in total. The van der Waals surface area contributed by atoms with Gasteiger partial charge in [-0.2, -0.15) is 0 Å². The minimum atomic E-state index is -3.01. The number of nitrogens with one attached hydrogen (secondary N) is 1. The average molecular weight is 217 g/mol. The second-order valence-corrected chi connectivity index (χ2v) is 6.80. The third-order valence-corrected chi connectivity index (χ3v) is 5.55. The van der Waals surface area contributed by atoms with Gasteiger partial charge in [-0.3, -0.25) is 0 Å². The fraction of sp³-hybridized carbons (Fsp3) is 1.00. The van der Waals surface area contributed by atoms with E-state index in [0.29, 0.717) is 5.92 Å². The molecule has 0 aromatic rings. The fourth-order valence-electron chi connectivity index (χ4n) is 2.63. The van der Waals surface area contributed by atoms with Gasteiger partial charge in [0.15, 0.2) is 0 Å². The van der Waals surface area contributed by atoms with Crippen LogP contribution in [-0.4, -0.2) is 20.7 Å². The Hall–Kier alpha value is -0.0900. The smallest absolute Gasteiger partial charge is 0.214 e. The molecular formula is C10H19NO2S. The molecule has 0 bridgehead atoms. The van der Waals surface area contributed by atoms with Crippen LogP contribution in [0.15, 0.2) is 0 Å². The van der Waals surface area contributed by atoms with Crippen molar-refractivity contribution in [3.05, 3.63) is 0 Å². The van der Waals surface area contributed by atoms with E-state index in [2.05, 4.69) is 4.72 Å². The van der Waals surface area contributed by atoms with E-state index < -0.39 is 10.0 Å². The average Bonchev–Trinajstić information content (AvgIpc) is 3.01. The standard InChI is InChI=1S/C10H19NO2S/c1-11-14(12,13)10-4-2-3-9(7-10)8-5-6-8/h8-11H,2-7H2,1H3. The molecule has 0 aromatic heterocycles. The normalized spacial score (nSPS) is 34.4. The zero-order valence-corrected chi connectivity index (χ0v) is 9.52. The van der Waals surface area contributed by atoms with Crippen LogP contribution in [0.3, 0.4) is 0 Å². The zero-order valence-electron chi connectivity index (χ0n) is 8.70. The van der Waals surface area contributed by atoms with E-state index in [-0.39, 0.29) is 5.25 Å². The molecule has 1 N–H and O–H groups in total. The van der Waals surface area contributed by atoms with Crippen LogP contribution in [0.4, 0.5) is 0 Å². The Labute approximate surface area is 86.3 Å². The maximum Gasteiger partial charge on any atom is 0.214 e. The highest BCUT2D eigenvalue weighted by atomic mass is 32.2. The predicted molar refractivity (Wildman–Crippen MR) is 56.4 cm³/mol. The quantitative estimate of drug-likeness (QED) is 0.779. The minimum absolute atomic E-state index is 0.119. The van der Waals surface area contributed by atoms with Gasteiger partial charge in [0, 0.05) is 0 Å². The van der Waals surface area contributed by atoms with Crippen molar-refractivity contribution in [2.75, 3.05) is 7.05 Å². The second-order valence-electron chi connectivity index (χ2n) is 4.64. The van der Waals surface area contributed by atoms with Crippen LogP contribution in [0.1, 0.15) is 38.5 Å². The van der Waals surface area contributed by atoms with Crippen molar-refractivity contribution < 1.29 is 8.42 Å². The highest BCUT2D eigenvalue weighted by Crippen LogP contribution is 2.44. The molecule has 0 heterocycles. The number of hydrogen-bond acceptors (Lipinski definition) is 2. The van der Waals surface area contributed by atoms with E-state index in [9.17, 15) is 8.42 Å². The second kappa shape index (κ2) is 3.81. The van der Waals surface area contributed by atoms with Crippen LogP contribution in [0.25, 0.3) is 0 Å². The minimum Gasteiger partial charge on any atom is -0.218 e. The van der Waals surface area contributed by atoms with Crippen LogP contribution in [0.5, 0.6) is 0 Å². The van der Waals surface area contributed by atoms with E-state index in [0.717, 1.165) is 25.2 Å². The Bertz CT molecular complexity index is 295.